The summed E-state index contributed by atoms with van der Waals surface area (Å²) in [7, 11) is 0. The van der Waals surface area contributed by atoms with Crippen molar-refractivity contribution >= 4 is 0 Å². The second kappa shape index (κ2) is 12.1. The molecule has 166 valence electrons. The highest BCUT2D eigenvalue weighted by Crippen LogP contribution is 2.44. The molecule has 0 saturated heterocycles. The highest BCUT2D eigenvalue weighted by molar-refractivity contribution is 5.46. The normalized spacial score (nSPS) is 20.2. The summed E-state index contributed by atoms with van der Waals surface area (Å²) in [6, 6.07) is 21.4. The zero-order valence-electron chi connectivity index (χ0n) is 19.9. The Morgan fingerprint density at radius 2 is 1.52 bits per heavy atom. The molecule has 0 saturated carbocycles. The Kier molecular flexibility index (Phi) is 9.15. The van der Waals surface area contributed by atoms with E-state index in [4.69, 9.17) is 4.74 Å². The Labute approximate surface area is 190 Å². The molecule has 3 rings (SSSR count). The van der Waals surface area contributed by atoms with Gasteiger partial charge in [-0.15, -0.1) is 0 Å². The second-order valence-electron chi connectivity index (χ2n) is 9.29. The van der Waals surface area contributed by atoms with Gasteiger partial charge in [-0.1, -0.05) is 106 Å². The van der Waals surface area contributed by atoms with Crippen molar-refractivity contribution in [1.29, 1.82) is 0 Å². The molecule has 0 N–H and O–H groups in total. The maximum Gasteiger partial charge on any atom is 0.0896 e. The van der Waals surface area contributed by atoms with Crippen molar-refractivity contribution in [3.8, 4) is 0 Å². The second-order valence-corrected chi connectivity index (χ2v) is 9.29. The molecule has 1 nitrogen and oxygen atoms in total. The van der Waals surface area contributed by atoms with E-state index in [9.17, 15) is 0 Å². The number of hydrogen-bond donors (Lipinski definition) is 0. The van der Waals surface area contributed by atoms with Gasteiger partial charge in [-0.2, -0.15) is 0 Å². The van der Waals surface area contributed by atoms with E-state index in [-0.39, 0.29) is 6.10 Å². The molecule has 0 aliphatic heterocycles. The molecule has 1 aliphatic carbocycles. The van der Waals surface area contributed by atoms with E-state index in [1.807, 2.05) is 0 Å². The van der Waals surface area contributed by atoms with E-state index in [1.54, 1.807) is 11.1 Å². The van der Waals surface area contributed by atoms with Gasteiger partial charge in [0.25, 0.3) is 0 Å². The van der Waals surface area contributed by atoms with Crippen LogP contribution in [0.25, 0.3) is 0 Å². The molecule has 1 aliphatic rings. The van der Waals surface area contributed by atoms with Crippen molar-refractivity contribution in [2.75, 3.05) is 0 Å². The Balaban J connectivity index is 1.82. The first-order valence-corrected chi connectivity index (χ1v) is 12.2. The standard InChI is InChI=1S/C30H40O/c1-5-6-9-20-27-24(4)29(23(2)3)30(31-22-26-17-12-8-13-18-26)28(27)21-14-19-25-15-10-7-11-16-25/h7-8,10-13,15-18,21,23,29-30H,5-6,9,14,19-20,22H2,1-4H3/b28-21+/t29-,30-/m1/s1. The SMILES string of the molecule is CCCCCC1=C(C)[C@@H](C(C)C)[C@H](OCc2ccccc2)/C1=C/CCc1ccccc1. The van der Waals surface area contributed by atoms with Crippen molar-refractivity contribution in [3.63, 3.8) is 0 Å². The van der Waals surface area contributed by atoms with Gasteiger partial charge in [-0.05, 0) is 60.8 Å². The number of ether oxygens (including phenoxy) is 1. The predicted molar refractivity (Wildman–Crippen MR) is 133 cm³/mol. The monoisotopic (exact) mass is 416 g/mol. The fraction of sp³-hybridized carbons (Fsp3) is 0.467. The minimum Gasteiger partial charge on any atom is -0.368 e. The summed E-state index contributed by atoms with van der Waals surface area (Å²) in [5.74, 6) is 1.05. The van der Waals surface area contributed by atoms with Gasteiger partial charge >= 0.3 is 0 Å². The number of allylic oxidation sites excluding steroid dienone is 1. The minimum absolute atomic E-state index is 0.174. The first kappa shape index (κ1) is 23.5. The Hall–Kier alpha value is -2.12. The molecule has 0 fully saturated rings. The average Bonchev–Trinajstić information content (AvgIpc) is 3.05. The van der Waals surface area contributed by atoms with E-state index in [2.05, 4.69) is 94.4 Å². The highest BCUT2D eigenvalue weighted by atomic mass is 16.5. The highest BCUT2D eigenvalue weighted by Gasteiger charge is 2.38. The van der Waals surface area contributed by atoms with Crippen LogP contribution < -0.4 is 0 Å². The molecule has 0 radical (unpaired) electrons. The molecular formula is C30H40O. The molecular weight excluding hydrogens is 376 g/mol. The molecule has 0 heterocycles. The summed E-state index contributed by atoms with van der Waals surface area (Å²) in [4.78, 5) is 0. The van der Waals surface area contributed by atoms with Crippen LogP contribution in [0.1, 0.15) is 70.9 Å². The van der Waals surface area contributed by atoms with Crippen LogP contribution in [0.3, 0.4) is 0 Å². The largest absolute Gasteiger partial charge is 0.368 e. The Bertz CT molecular complexity index is 844. The van der Waals surface area contributed by atoms with Crippen LogP contribution in [-0.2, 0) is 17.8 Å². The smallest absolute Gasteiger partial charge is 0.0896 e. The third kappa shape index (κ3) is 6.43. The van der Waals surface area contributed by atoms with Gasteiger partial charge in [-0.25, -0.2) is 0 Å². The zero-order valence-corrected chi connectivity index (χ0v) is 19.9. The maximum atomic E-state index is 6.68. The first-order valence-electron chi connectivity index (χ1n) is 12.2. The molecule has 31 heavy (non-hydrogen) atoms. The summed E-state index contributed by atoms with van der Waals surface area (Å²) in [6.07, 6.45) is 9.85. The minimum atomic E-state index is 0.174. The van der Waals surface area contributed by atoms with Crippen molar-refractivity contribution < 1.29 is 4.74 Å². The fourth-order valence-corrected chi connectivity index (χ4v) is 5.00. The van der Waals surface area contributed by atoms with Crippen LogP contribution in [0, 0.1) is 11.8 Å². The summed E-state index contributed by atoms with van der Waals surface area (Å²) in [5.41, 5.74) is 7.28. The van der Waals surface area contributed by atoms with Crippen molar-refractivity contribution in [2.45, 2.75) is 78.9 Å². The number of rotatable bonds is 11. The average molecular weight is 417 g/mol. The van der Waals surface area contributed by atoms with Gasteiger partial charge in [0.05, 0.1) is 12.7 Å². The fourth-order valence-electron chi connectivity index (χ4n) is 5.00. The molecule has 1 heteroatoms. The third-order valence-electron chi connectivity index (χ3n) is 6.62. The Morgan fingerprint density at radius 3 is 2.13 bits per heavy atom. The van der Waals surface area contributed by atoms with Crippen LogP contribution >= 0.6 is 0 Å². The van der Waals surface area contributed by atoms with Gasteiger partial charge in [0, 0.05) is 5.92 Å². The van der Waals surface area contributed by atoms with Crippen LogP contribution in [-0.4, -0.2) is 6.10 Å². The van der Waals surface area contributed by atoms with Crippen molar-refractivity contribution in [2.24, 2.45) is 11.8 Å². The van der Waals surface area contributed by atoms with E-state index >= 15 is 0 Å². The van der Waals surface area contributed by atoms with E-state index in [0.29, 0.717) is 18.4 Å². The number of hydrogen-bond acceptors (Lipinski definition) is 1. The summed E-state index contributed by atoms with van der Waals surface area (Å²) < 4.78 is 6.68. The molecule has 0 bridgehead atoms. The van der Waals surface area contributed by atoms with E-state index in [0.717, 1.165) is 12.8 Å². The quantitative estimate of drug-likeness (QED) is 0.335. The lowest BCUT2D eigenvalue weighted by Crippen LogP contribution is -2.26. The number of benzene rings is 2. The van der Waals surface area contributed by atoms with Gasteiger partial charge in [-0.3, -0.25) is 0 Å². The van der Waals surface area contributed by atoms with Gasteiger partial charge < -0.3 is 4.74 Å². The summed E-state index contributed by atoms with van der Waals surface area (Å²) in [6.45, 7) is 10.0. The number of unbranched alkanes of at least 4 members (excludes halogenated alkanes) is 2. The van der Waals surface area contributed by atoms with Crippen molar-refractivity contribution in [3.05, 3.63) is 94.6 Å². The number of aryl methyl sites for hydroxylation is 1. The lowest BCUT2D eigenvalue weighted by atomic mass is 9.87. The van der Waals surface area contributed by atoms with E-state index < -0.39 is 0 Å². The maximum absolute atomic E-state index is 6.68. The summed E-state index contributed by atoms with van der Waals surface area (Å²) in [5, 5.41) is 0. The van der Waals surface area contributed by atoms with Crippen LogP contribution in [0.15, 0.2) is 83.5 Å². The molecule has 0 amide bonds. The molecule has 2 atom stereocenters. The zero-order chi connectivity index (χ0) is 22.1. The summed E-state index contributed by atoms with van der Waals surface area (Å²) >= 11 is 0. The predicted octanol–water partition coefficient (Wildman–Crippen LogP) is 8.31. The molecule has 2 aromatic rings. The molecule has 0 aromatic heterocycles. The molecule has 2 aromatic carbocycles. The van der Waals surface area contributed by atoms with Crippen molar-refractivity contribution in [1.82, 2.24) is 0 Å². The van der Waals surface area contributed by atoms with Crippen LogP contribution in [0.5, 0.6) is 0 Å². The third-order valence-corrected chi connectivity index (χ3v) is 6.62. The van der Waals surface area contributed by atoms with Gasteiger partial charge in [0.15, 0.2) is 0 Å². The lowest BCUT2D eigenvalue weighted by molar-refractivity contribution is 0.0298. The first-order chi connectivity index (χ1) is 15.1. The van der Waals surface area contributed by atoms with Crippen LogP contribution in [0.2, 0.25) is 0 Å². The topological polar surface area (TPSA) is 9.23 Å². The van der Waals surface area contributed by atoms with Gasteiger partial charge in [0.2, 0.25) is 0 Å². The van der Waals surface area contributed by atoms with Gasteiger partial charge in [0.1, 0.15) is 0 Å². The molecule has 0 spiro atoms. The van der Waals surface area contributed by atoms with E-state index in [1.165, 1.54) is 42.4 Å². The van der Waals surface area contributed by atoms with Crippen LogP contribution in [0.4, 0.5) is 0 Å². The lowest BCUT2D eigenvalue weighted by Gasteiger charge is -2.26. The Morgan fingerprint density at radius 1 is 0.871 bits per heavy atom. The molecule has 0 unspecified atom stereocenters.